The van der Waals surface area contributed by atoms with Gasteiger partial charge < -0.3 is 9.73 Å². The Hall–Kier alpha value is -3.07. The summed E-state index contributed by atoms with van der Waals surface area (Å²) in [4.78, 5) is 27.9. The Morgan fingerprint density at radius 3 is 2.81 bits per heavy atom. The molecular formula is C17H13F2N3O3S. The van der Waals surface area contributed by atoms with Gasteiger partial charge in [-0.2, -0.15) is 0 Å². The van der Waals surface area contributed by atoms with Gasteiger partial charge in [-0.1, -0.05) is 6.07 Å². The number of halogens is 2. The fraction of sp³-hybridized carbons (Fsp3) is 0.118. The minimum absolute atomic E-state index is 0.0318. The van der Waals surface area contributed by atoms with E-state index in [4.69, 9.17) is 4.42 Å². The highest BCUT2D eigenvalue weighted by Crippen LogP contribution is 2.17. The van der Waals surface area contributed by atoms with E-state index in [1.165, 1.54) is 29.7 Å². The molecule has 2 amide bonds. The van der Waals surface area contributed by atoms with Crippen molar-refractivity contribution in [3.8, 4) is 0 Å². The summed E-state index contributed by atoms with van der Waals surface area (Å²) in [5.41, 5.74) is 0.645. The minimum atomic E-state index is -0.720. The van der Waals surface area contributed by atoms with Crippen molar-refractivity contribution in [2.24, 2.45) is 0 Å². The standard InChI is InChI=1S/C17H13F2N3O3S/c18-11-4-3-10(13(19)6-11)8-20-15(23)7-12-9-26-17(21-12)22-16(24)14-2-1-5-25-14/h1-6,9H,7-8H2,(H,20,23)(H,21,22,24). The van der Waals surface area contributed by atoms with E-state index in [0.717, 1.165) is 12.1 Å². The molecule has 0 saturated carbocycles. The van der Waals surface area contributed by atoms with E-state index in [-0.39, 0.29) is 30.2 Å². The van der Waals surface area contributed by atoms with Crippen LogP contribution in [0.2, 0.25) is 0 Å². The Morgan fingerprint density at radius 2 is 2.08 bits per heavy atom. The largest absolute Gasteiger partial charge is 0.459 e. The number of anilines is 1. The molecular weight excluding hydrogens is 364 g/mol. The molecule has 2 N–H and O–H groups in total. The lowest BCUT2D eigenvalue weighted by molar-refractivity contribution is -0.120. The molecule has 0 saturated heterocycles. The Morgan fingerprint density at radius 1 is 1.23 bits per heavy atom. The lowest BCUT2D eigenvalue weighted by Gasteiger charge is -2.05. The van der Waals surface area contributed by atoms with Gasteiger partial charge in [0.25, 0.3) is 5.91 Å². The molecule has 3 aromatic rings. The average molecular weight is 377 g/mol. The van der Waals surface area contributed by atoms with E-state index in [2.05, 4.69) is 15.6 Å². The predicted octanol–water partition coefficient (Wildman–Crippen LogP) is 3.13. The van der Waals surface area contributed by atoms with Gasteiger partial charge in [0.15, 0.2) is 10.9 Å². The summed E-state index contributed by atoms with van der Waals surface area (Å²) < 4.78 is 31.3. The molecule has 0 aliphatic carbocycles. The molecule has 1 aromatic carbocycles. The highest BCUT2D eigenvalue weighted by molar-refractivity contribution is 7.14. The van der Waals surface area contributed by atoms with Gasteiger partial charge in [0.2, 0.25) is 5.91 Å². The zero-order valence-corrected chi connectivity index (χ0v) is 14.1. The number of benzene rings is 1. The van der Waals surface area contributed by atoms with Crippen molar-refractivity contribution < 1.29 is 22.8 Å². The van der Waals surface area contributed by atoms with E-state index < -0.39 is 17.5 Å². The molecule has 3 rings (SSSR count). The third-order valence-corrected chi connectivity index (χ3v) is 4.16. The maximum absolute atomic E-state index is 13.5. The quantitative estimate of drug-likeness (QED) is 0.691. The number of hydrogen-bond acceptors (Lipinski definition) is 5. The van der Waals surface area contributed by atoms with Crippen molar-refractivity contribution in [2.75, 3.05) is 5.32 Å². The van der Waals surface area contributed by atoms with E-state index in [0.29, 0.717) is 10.8 Å². The topological polar surface area (TPSA) is 84.2 Å². The fourth-order valence-corrected chi connectivity index (χ4v) is 2.80. The van der Waals surface area contributed by atoms with Crippen LogP contribution in [0.25, 0.3) is 0 Å². The fourth-order valence-electron chi connectivity index (χ4n) is 2.10. The first-order chi connectivity index (χ1) is 12.5. The number of carbonyl (C=O) groups is 2. The molecule has 2 heterocycles. The second-order valence-corrected chi connectivity index (χ2v) is 6.12. The molecule has 134 valence electrons. The van der Waals surface area contributed by atoms with E-state index in [1.807, 2.05) is 0 Å². The molecule has 9 heteroatoms. The summed E-state index contributed by atoms with van der Waals surface area (Å²) in [5, 5.41) is 7.07. The SMILES string of the molecule is O=C(Cc1csc(NC(=O)c2ccco2)n1)NCc1ccc(F)cc1F. The maximum atomic E-state index is 13.5. The van der Waals surface area contributed by atoms with E-state index in [1.54, 1.807) is 11.4 Å². The van der Waals surface area contributed by atoms with Gasteiger partial charge in [0.05, 0.1) is 18.4 Å². The molecule has 0 fully saturated rings. The number of rotatable bonds is 6. The van der Waals surface area contributed by atoms with Gasteiger partial charge in [0, 0.05) is 23.6 Å². The van der Waals surface area contributed by atoms with Crippen LogP contribution in [0.15, 0.2) is 46.4 Å². The maximum Gasteiger partial charge on any atom is 0.293 e. The number of nitrogens with zero attached hydrogens (tertiary/aromatic N) is 1. The molecule has 6 nitrogen and oxygen atoms in total. The molecule has 0 bridgehead atoms. The summed E-state index contributed by atoms with van der Waals surface area (Å²) in [7, 11) is 0. The second-order valence-electron chi connectivity index (χ2n) is 5.26. The molecule has 0 unspecified atom stereocenters. The zero-order valence-electron chi connectivity index (χ0n) is 13.3. The van der Waals surface area contributed by atoms with E-state index in [9.17, 15) is 18.4 Å². The van der Waals surface area contributed by atoms with Crippen LogP contribution in [0.3, 0.4) is 0 Å². The van der Waals surface area contributed by atoms with Gasteiger partial charge in [0.1, 0.15) is 11.6 Å². The Balaban J connectivity index is 1.52. The van der Waals surface area contributed by atoms with Crippen LogP contribution in [0.5, 0.6) is 0 Å². The van der Waals surface area contributed by atoms with Crippen LogP contribution in [0.1, 0.15) is 21.8 Å². The highest BCUT2D eigenvalue weighted by atomic mass is 32.1. The lowest BCUT2D eigenvalue weighted by atomic mass is 10.2. The molecule has 0 aliphatic rings. The van der Waals surface area contributed by atoms with Crippen molar-refractivity contribution in [3.63, 3.8) is 0 Å². The summed E-state index contributed by atoms with van der Waals surface area (Å²) >= 11 is 1.17. The molecule has 26 heavy (non-hydrogen) atoms. The summed E-state index contributed by atoms with van der Waals surface area (Å²) in [6, 6.07) is 6.27. The van der Waals surface area contributed by atoms with Crippen molar-refractivity contribution in [3.05, 3.63) is 70.6 Å². The summed E-state index contributed by atoms with van der Waals surface area (Å²) in [6.45, 7) is -0.0584. The second kappa shape index (κ2) is 7.87. The van der Waals surface area contributed by atoms with Crippen molar-refractivity contribution in [1.29, 1.82) is 0 Å². The predicted molar refractivity (Wildman–Crippen MR) is 90.7 cm³/mol. The first kappa shape index (κ1) is 17.7. The Bertz CT molecular complexity index is 925. The number of thiazole rings is 1. The first-order valence-corrected chi connectivity index (χ1v) is 8.39. The van der Waals surface area contributed by atoms with Gasteiger partial charge >= 0.3 is 0 Å². The Labute approximate surface area is 150 Å². The lowest BCUT2D eigenvalue weighted by Crippen LogP contribution is -2.25. The minimum Gasteiger partial charge on any atom is -0.459 e. The number of carbonyl (C=O) groups excluding carboxylic acids is 2. The third-order valence-electron chi connectivity index (χ3n) is 3.35. The van der Waals surface area contributed by atoms with Crippen molar-refractivity contribution in [1.82, 2.24) is 10.3 Å². The van der Waals surface area contributed by atoms with Crippen molar-refractivity contribution in [2.45, 2.75) is 13.0 Å². The molecule has 2 aromatic heterocycles. The zero-order chi connectivity index (χ0) is 18.5. The number of nitrogens with one attached hydrogen (secondary N) is 2. The number of hydrogen-bond donors (Lipinski definition) is 2. The van der Waals surface area contributed by atoms with Crippen LogP contribution in [0, 0.1) is 11.6 Å². The van der Waals surface area contributed by atoms with Crippen molar-refractivity contribution >= 4 is 28.3 Å². The van der Waals surface area contributed by atoms with Gasteiger partial charge in [-0.3, -0.25) is 14.9 Å². The monoisotopic (exact) mass is 377 g/mol. The number of amides is 2. The van der Waals surface area contributed by atoms with Crippen LogP contribution < -0.4 is 10.6 Å². The average Bonchev–Trinajstić information content (AvgIpc) is 3.26. The van der Waals surface area contributed by atoms with Crippen LogP contribution in [-0.2, 0) is 17.8 Å². The molecule has 0 aliphatic heterocycles. The van der Waals surface area contributed by atoms with Gasteiger partial charge in [-0.25, -0.2) is 13.8 Å². The van der Waals surface area contributed by atoms with Crippen LogP contribution in [0.4, 0.5) is 13.9 Å². The number of furan rings is 1. The van der Waals surface area contributed by atoms with Crippen LogP contribution >= 0.6 is 11.3 Å². The van der Waals surface area contributed by atoms with Gasteiger partial charge in [-0.05, 0) is 18.2 Å². The summed E-state index contributed by atoms with van der Waals surface area (Å²) in [5.74, 6) is -2.05. The molecule has 0 radical (unpaired) electrons. The first-order valence-electron chi connectivity index (χ1n) is 7.51. The number of aromatic nitrogens is 1. The molecule has 0 atom stereocenters. The normalized spacial score (nSPS) is 10.5. The molecule has 0 spiro atoms. The third kappa shape index (κ3) is 4.51. The van der Waals surface area contributed by atoms with Crippen LogP contribution in [-0.4, -0.2) is 16.8 Å². The highest BCUT2D eigenvalue weighted by Gasteiger charge is 2.13. The van der Waals surface area contributed by atoms with E-state index >= 15 is 0 Å². The summed E-state index contributed by atoms with van der Waals surface area (Å²) in [6.07, 6.45) is 1.35. The van der Waals surface area contributed by atoms with Gasteiger partial charge in [-0.15, -0.1) is 11.3 Å². The Kier molecular flexibility index (Phi) is 5.37. The smallest absolute Gasteiger partial charge is 0.293 e.